The SMILES string of the molecule is [C-]#[N+]C1=C(CN2CCN(C)CC2)Nc2[nH]ncc2C1c1ccccc1Cl. The van der Waals surface area contributed by atoms with E-state index in [2.05, 4.69) is 37.2 Å². The van der Waals surface area contributed by atoms with Crippen molar-refractivity contribution in [3.8, 4) is 0 Å². The van der Waals surface area contributed by atoms with Crippen molar-refractivity contribution in [1.82, 2.24) is 20.0 Å². The topological polar surface area (TPSA) is 51.5 Å². The van der Waals surface area contributed by atoms with Crippen LogP contribution in [0.4, 0.5) is 5.82 Å². The Morgan fingerprint density at radius 3 is 2.73 bits per heavy atom. The van der Waals surface area contributed by atoms with E-state index in [0.717, 1.165) is 55.4 Å². The van der Waals surface area contributed by atoms with Crippen molar-refractivity contribution in [2.75, 3.05) is 45.1 Å². The van der Waals surface area contributed by atoms with E-state index in [9.17, 15) is 0 Å². The summed E-state index contributed by atoms with van der Waals surface area (Å²) in [5, 5.41) is 11.3. The molecule has 7 heteroatoms. The van der Waals surface area contributed by atoms with Gasteiger partial charge in [-0.1, -0.05) is 29.8 Å². The molecule has 1 atom stereocenters. The van der Waals surface area contributed by atoms with Crippen molar-refractivity contribution >= 4 is 17.4 Å². The molecule has 4 rings (SSSR count). The van der Waals surface area contributed by atoms with Crippen LogP contribution in [0.1, 0.15) is 17.0 Å². The van der Waals surface area contributed by atoms with Crippen LogP contribution in [0.15, 0.2) is 41.9 Å². The van der Waals surface area contributed by atoms with Crippen LogP contribution in [0, 0.1) is 6.57 Å². The summed E-state index contributed by atoms with van der Waals surface area (Å²) in [7, 11) is 2.14. The zero-order chi connectivity index (χ0) is 18.1. The Morgan fingerprint density at radius 2 is 2.00 bits per heavy atom. The summed E-state index contributed by atoms with van der Waals surface area (Å²) in [5.41, 5.74) is 3.54. The van der Waals surface area contributed by atoms with Gasteiger partial charge in [-0.25, -0.2) is 4.85 Å². The summed E-state index contributed by atoms with van der Waals surface area (Å²) in [6.45, 7) is 12.7. The van der Waals surface area contributed by atoms with Gasteiger partial charge in [0.15, 0.2) is 5.70 Å². The van der Waals surface area contributed by atoms with E-state index in [1.807, 2.05) is 24.3 Å². The maximum absolute atomic E-state index is 7.85. The van der Waals surface area contributed by atoms with Gasteiger partial charge in [-0.15, -0.1) is 0 Å². The Kier molecular flexibility index (Phi) is 4.68. The van der Waals surface area contributed by atoms with E-state index < -0.39 is 0 Å². The van der Waals surface area contributed by atoms with Crippen molar-refractivity contribution in [3.63, 3.8) is 0 Å². The number of H-pyrrole nitrogens is 1. The number of piperazine rings is 1. The second-order valence-corrected chi connectivity index (χ2v) is 7.24. The molecule has 0 aliphatic carbocycles. The van der Waals surface area contributed by atoms with Crippen molar-refractivity contribution < 1.29 is 0 Å². The third kappa shape index (κ3) is 3.10. The molecule has 2 aromatic rings. The summed E-state index contributed by atoms with van der Waals surface area (Å²) < 4.78 is 0. The minimum atomic E-state index is -0.196. The molecule has 1 saturated heterocycles. The van der Waals surface area contributed by atoms with Crippen LogP contribution in [0.3, 0.4) is 0 Å². The van der Waals surface area contributed by atoms with Crippen LogP contribution in [0.2, 0.25) is 5.02 Å². The lowest BCUT2D eigenvalue weighted by atomic mass is 9.86. The number of halogens is 1. The minimum Gasteiger partial charge on any atom is -0.353 e. The summed E-state index contributed by atoms with van der Waals surface area (Å²) in [6.07, 6.45) is 1.79. The van der Waals surface area contributed by atoms with Crippen LogP contribution in [-0.2, 0) is 0 Å². The first kappa shape index (κ1) is 17.1. The van der Waals surface area contributed by atoms with Gasteiger partial charge in [0.25, 0.3) is 0 Å². The molecule has 3 heterocycles. The second-order valence-electron chi connectivity index (χ2n) is 6.83. The van der Waals surface area contributed by atoms with E-state index in [0.29, 0.717) is 10.7 Å². The lowest BCUT2D eigenvalue weighted by Crippen LogP contribution is -2.45. The van der Waals surface area contributed by atoms with Crippen LogP contribution >= 0.6 is 11.6 Å². The standard InChI is InChI=1S/C19H21ClN6/c1-21-18-16(12-26-9-7-25(2)8-10-26)23-19-14(11-22-24-19)17(18)13-5-3-4-6-15(13)20/h3-6,11,17H,7-10,12H2,2H3,(H2,22,23,24). The summed E-state index contributed by atoms with van der Waals surface area (Å²) >= 11 is 6.48. The summed E-state index contributed by atoms with van der Waals surface area (Å²) in [5.74, 6) is 0.658. The first-order chi connectivity index (χ1) is 12.7. The van der Waals surface area contributed by atoms with E-state index in [1.165, 1.54) is 0 Å². The molecular formula is C19H21ClN6. The van der Waals surface area contributed by atoms with Crippen LogP contribution in [0.5, 0.6) is 0 Å². The molecule has 2 aliphatic heterocycles. The van der Waals surface area contributed by atoms with E-state index in [-0.39, 0.29) is 5.92 Å². The number of anilines is 1. The Balaban J connectivity index is 1.73. The number of fused-ring (bicyclic) bond motifs is 1. The molecule has 1 aromatic heterocycles. The van der Waals surface area contributed by atoms with Crippen LogP contribution in [-0.4, -0.2) is 59.8 Å². The average molecular weight is 369 g/mol. The lowest BCUT2D eigenvalue weighted by molar-refractivity contribution is 0.164. The Bertz CT molecular complexity index is 872. The third-order valence-electron chi connectivity index (χ3n) is 5.15. The molecule has 0 radical (unpaired) electrons. The summed E-state index contributed by atoms with van der Waals surface area (Å²) in [6, 6.07) is 7.74. The van der Waals surface area contributed by atoms with Crippen LogP contribution < -0.4 is 5.32 Å². The number of likely N-dealkylation sites (N-methyl/N-ethyl adjacent to an activating group) is 1. The monoisotopic (exact) mass is 368 g/mol. The first-order valence-electron chi connectivity index (χ1n) is 8.73. The molecule has 0 saturated carbocycles. The molecule has 1 unspecified atom stereocenters. The van der Waals surface area contributed by atoms with Gasteiger partial charge in [-0.3, -0.25) is 10.00 Å². The fourth-order valence-corrected chi connectivity index (χ4v) is 3.90. The predicted octanol–water partition coefficient (Wildman–Crippen LogP) is 3.00. The Hall–Kier alpha value is -2.33. The van der Waals surface area contributed by atoms with Crippen LogP contribution in [0.25, 0.3) is 4.85 Å². The molecule has 26 heavy (non-hydrogen) atoms. The summed E-state index contributed by atoms with van der Waals surface area (Å²) in [4.78, 5) is 8.63. The normalized spacial score (nSPS) is 21.2. The van der Waals surface area contributed by atoms with E-state index >= 15 is 0 Å². The fraction of sp³-hybridized carbons (Fsp3) is 0.368. The van der Waals surface area contributed by atoms with Crippen molar-refractivity contribution in [1.29, 1.82) is 0 Å². The number of rotatable bonds is 3. The zero-order valence-electron chi connectivity index (χ0n) is 14.7. The first-order valence-corrected chi connectivity index (χ1v) is 9.11. The highest BCUT2D eigenvalue weighted by Gasteiger charge is 2.33. The molecule has 6 nitrogen and oxygen atoms in total. The average Bonchev–Trinajstić information content (AvgIpc) is 3.11. The molecule has 2 N–H and O–H groups in total. The number of aromatic nitrogens is 2. The zero-order valence-corrected chi connectivity index (χ0v) is 15.4. The highest BCUT2D eigenvalue weighted by molar-refractivity contribution is 6.31. The number of allylic oxidation sites excluding steroid dienone is 1. The van der Waals surface area contributed by atoms with Gasteiger partial charge < -0.3 is 10.2 Å². The smallest absolute Gasteiger partial charge is 0.197 e. The van der Waals surface area contributed by atoms with Gasteiger partial charge in [-0.2, -0.15) is 5.10 Å². The van der Waals surface area contributed by atoms with Gasteiger partial charge >= 0.3 is 0 Å². The van der Waals surface area contributed by atoms with E-state index in [1.54, 1.807) is 6.20 Å². The van der Waals surface area contributed by atoms with E-state index in [4.69, 9.17) is 18.2 Å². The molecular weight excluding hydrogens is 348 g/mol. The largest absolute Gasteiger partial charge is 0.353 e. The van der Waals surface area contributed by atoms with Gasteiger partial charge in [0.05, 0.1) is 18.7 Å². The quantitative estimate of drug-likeness (QED) is 0.818. The van der Waals surface area contributed by atoms with Crippen molar-refractivity contribution in [2.45, 2.75) is 5.92 Å². The minimum absolute atomic E-state index is 0.196. The number of benzene rings is 1. The van der Waals surface area contributed by atoms with Gasteiger partial charge in [0.2, 0.25) is 0 Å². The molecule has 1 aromatic carbocycles. The Morgan fingerprint density at radius 1 is 1.23 bits per heavy atom. The van der Waals surface area contributed by atoms with Gasteiger partial charge in [0, 0.05) is 49.0 Å². The predicted molar refractivity (Wildman–Crippen MR) is 103 cm³/mol. The van der Waals surface area contributed by atoms with Gasteiger partial charge in [0.1, 0.15) is 5.82 Å². The number of hydrogen-bond donors (Lipinski definition) is 2. The molecule has 0 spiro atoms. The number of aromatic amines is 1. The molecule has 0 bridgehead atoms. The maximum Gasteiger partial charge on any atom is 0.197 e. The lowest BCUT2D eigenvalue weighted by Gasteiger charge is -2.35. The number of nitrogens with zero attached hydrogens (tertiary/aromatic N) is 4. The fourth-order valence-electron chi connectivity index (χ4n) is 3.66. The highest BCUT2D eigenvalue weighted by atomic mass is 35.5. The number of nitrogens with one attached hydrogen (secondary N) is 2. The molecule has 0 amide bonds. The molecule has 1 fully saturated rings. The third-order valence-corrected chi connectivity index (χ3v) is 5.50. The molecule has 2 aliphatic rings. The van der Waals surface area contributed by atoms with Gasteiger partial charge in [-0.05, 0) is 18.7 Å². The highest BCUT2D eigenvalue weighted by Crippen LogP contribution is 2.43. The number of hydrogen-bond acceptors (Lipinski definition) is 4. The molecule has 134 valence electrons. The van der Waals surface area contributed by atoms with Crippen molar-refractivity contribution in [3.05, 3.63) is 69.4 Å². The van der Waals surface area contributed by atoms with Crippen molar-refractivity contribution in [2.24, 2.45) is 0 Å². The second kappa shape index (κ2) is 7.12. The Labute approximate surface area is 158 Å². The maximum atomic E-state index is 7.85.